The van der Waals surface area contributed by atoms with Gasteiger partial charge in [-0.15, -0.1) is 11.3 Å². The summed E-state index contributed by atoms with van der Waals surface area (Å²) in [6.07, 6.45) is -3.09. The first-order chi connectivity index (χ1) is 18.3. The molecular formula is C22H21F3N6O7S. The maximum Gasteiger partial charge on any atom is 0.406 e. The molecule has 0 spiro atoms. The van der Waals surface area contributed by atoms with Crippen LogP contribution in [0.1, 0.15) is 31.9 Å². The normalized spacial score (nSPS) is 22.7. The molecule has 2 fully saturated rings. The summed E-state index contributed by atoms with van der Waals surface area (Å²) in [4.78, 5) is 71.6. The molecule has 0 bridgehead atoms. The predicted octanol–water partition coefficient (Wildman–Crippen LogP) is 0.542. The van der Waals surface area contributed by atoms with Crippen molar-refractivity contribution in [1.29, 1.82) is 0 Å². The van der Waals surface area contributed by atoms with E-state index in [1.165, 1.54) is 11.5 Å². The highest BCUT2D eigenvalue weighted by Crippen LogP contribution is 2.38. The first kappa shape index (κ1) is 27.7. The molecule has 39 heavy (non-hydrogen) atoms. The maximum absolute atomic E-state index is 13.0. The number of thiazole rings is 1. The van der Waals surface area contributed by atoms with E-state index in [4.69, 9.17) is 5.73 Å². The summed E-state index contributed by atoms with van der Waals surface area (Å²) in [6.45, 7) is -0.525. The van der Waals surface area contributed by atoms with Crippen molar-refractivity contribution in [3.8, 4) is 0 Å². The van der Waals surface area contributed by atoms with E-state index in [0.717, 1.165) is 23.2 Å². The minimum absolute atomic E-state index is 0.00700. The third-order valence-corrected chi connectivity index (χ3v) is 6.81. The molecular weight excluding hydrogens is 549 g/mol. The Morgan fingerprint density at radius 2 is 2.05 bits per heavy atom. The third-order valence-electron chi connectivity index (χ3n) is 6.14. The number of hydrogen-bond acceptors (Lipinski definition) is 10. The van der Waals surface area contributed by atoms with E-state index in [1.807, 2.05) is 0 Å². The van der Waals surface area contributed by atoms with Gasteiger partial charge in [-0.1, -0.05) is 5.16 Å². The van der Waals surface area contributed by atoms with Crippen LogP contribution in [0.2, 0.25) is 0 Å². The number of aliphatic carboxylic acids is 1. The van der Waals surface area contributed by atoms with Crippen LogP contribution >= 0.6 is 11.3 Å². The zero-order valence-electron chi connectivity index (χ0n) is 20.1. The minimum Gasteiger partial charge on any atom is -0.477 e. The standard InChI is InChI=1S/C22H21F3N6O7S/c1-9(32)38-29-14(12-7-39-21(26)27-12)17(33)28-15-13-3-2-10(16(20(36)37)31(13)19(15)35)6-11-4-5-30(18(11)34)8-22(23,24)25/h6-7,13,15H,2-5,8H2,1H3,(H2,26,27)(H,28,33)(H,36,37)/b11-6+,29-14-/t13-,15+/m1/s1. The van der Waals surface area contributed by atoms with E-state index in [-0.39, 0.29) is 47.8 Å². The van der Waals surface area contributed by atoms with E-state index in [0.29, 0.717) is 4.90 Å². The molecule has 1 aromatic rings. The summed E-state index contributed by atoms with van der Waals surface area (Å²) in [6, 6.07) is -1.90. The Labute approximate surface area is 221 Å². The van der Waals surface area contributed by atoms with Crippen molar-refractivity contribution in [3.05, 3.63) is 34.0 Å². The second kappa shape index (κ2) is 10.5. The molecule has 13 nitrogen and oxygen atoms in total. The number of oxime groups is 1. The zero-order valence-corrected chi connectivity index (χ0v) is 21.0. The number of hydrogen-bond donors (Lipinski definition) is 3. The fraction of sp³-hybridized carbons (Fsp3) is 0.409. The number of carboxylic acids is 1. The van der Waals surface area contributed by atoms with Gasteiger partial charge in [0.25, 0.3) is 11.8 Å². The van der Waals surface area contributed by atoms with Gasteiger partial charge in [0.1, 0.15) is 24.0 Å². The molecule has 0 radical (unpaired) electrons. The van der Waals surface area contributed by atoms with Crippen LogP contribution in [0, 0.1) is 0 Å². The highest BCUT2D eigenvalue weighted by molar-refractivity contribution is 7.13. The fourth-order valence-corrected chi connectivity index (χ4v) is 5.08. The average molecular weight is 571 g/mol. The number of β-lactam (4-membered cyclic amide) rings is 1. The summed E-state index contributed by atoms with van der Waals surface area (Å²) in [5.74, 6) is -4.83. The number of likely N-dealkylation sites (tertiary alicyclic amines) is 1. The number of halogens is 3. The van der Waals surface area contributed by atoms with Gasteiger partial charge in [-0.3, -0.25) is 19.3 Å². The molecule has 3 aliphatic heterocycles. The van der Waals surface area contributed by atoms with Gasteiger partial charge in [0.05, 0.1) is 6.04 Å². The average Bonchev–Trinajstić information content (AvgIpc) is 3.41. The number of allylic oxidation sites excluding steroid dienone is 2. The molecule has 2 atom stereocenters. The molecule has 2 saturated heterocycles. The molecule has 4 rings (SSSR count). The summed E-state index contributed by atoms with van der Waals surface area (Å²) in [5.41, 5.74) is 4.86. The van der Waals surface area contributed by atoms with E-state index in [1.54, 1.807) is 0 Å². The van der Waals surface area contributed by atoms with Gasteiger partial charge < -0.3 is 25.9 Å². The fourth-order valence-electron chi connectivity index (χ4n) is 4.53. The van der Waals surface area contributed by atoms with Crippen molar-refractivity contribution < 1.29 is 47.1 Å². The van der Waals surface area contributed by atoms with Crippen molar-refractivity contribution in [2.24, 2.45) is 5.16 Å². The summed E-state index contributed by atoms with van der Waals surface area (Å²) in [5, 5.41) is 17.3. The van der Waals surface area contributed by atoms with Gasteiger partial charge in [-0.2, -0.15) is 13.2 Å². The van der Waals surface area contributed by atoms with Crippen molar-refractivity contribution >= 4 is 51.8 Å². The van der Waals surface area contributed by atoms with E-state index >= 15 is 0 Å². The van der Waals surface area contributed by atoms with Crippen LogP contribution in [0.4, 0.5) is 18.3 Å². The van der Waals surface area contributed by atoms with Gasteiger partial charge in [0.15, 0.2) is 10.8 Å². The Bertz CT molecular complexity index is 1350. The lowest BCUT2D eigenvalue weighted by Crippen LogP contribution is -2.72. The van der Waals surface area contributed by atoms with E-state index in [9.17, 15) is 42.3 Å². The highest BCUT2D eigenvalue weighted by atomic mass is 32.1. The first-order valence-corrected chi connectivity index (χ1v) is 12.3. The number of nitrogen functional groups attached to an aromatic ring is 1. The maximum atomic E-state index is 13.0. The number of alkyl halides is 3. The topological polar surface area (TPSA) is 185 Å². The Balaban J connectivity index is 1.54. The Morgan fingerprint density at radius 1 is 1.33 bits per heavy atom. The number of nitrogens with zero attached hydrogens (tertiary/aromatic N) is 4. The molecule has 17 heteroatoms. The SMILES string of the molecule is CC(=O)O/N=C(\C(=O)N[C@@H]1C(=O)N2C(C(=O)O)=C(/C=C3\CCN(CC(F)(F)F)C3=O)CC[C@H]12)c1csc(N)n1. The number of aromatic nitrogens is 1. The number of nitrogens with two attached hydrogens (primary N) is 1. The van der Waals surface area contributed by atoms with Gasteiger partial charge in [0, 0.05) is 24.4 Å². The van der Waals surface area contributed by atoms with Gasteiger partial charge >= 0.3 is 18.1 Å². The van der Waals surface area contributed by atoms with Crippen molar-refractivity contribution in [2.45, 2.75) is 44.4 Å². The molecule has 0 aliphatic carbocycles. The number of carbonyl (C=O) groups is 5. The molecule has 4 heterocycles. The highest BCUT2D eigenvalue weighted by Gasteiger charge is 2.53. The second-order valence-electron chi connectivity index (χ2n) is 8.80. The predicted molar refractivity (Wildman–Crippen MR) is 127 cm³/mol. The van der Waals surface area contributed by atoms with E-state index in [2.05, 4.69) is 20.3 Å². The lowest BCUT2D eigenvalue weighted by Gasteiger charge is -2.50. The Morgan fingerprint density at radius 3 is 2.64 bits per heavy atom. The third kappa shape index (κ3) is 5.76. The van der Waals surface area contributed by atoms with Gasteiger partial charge in [0.2, 0.25) is 5.91 Å². The van der Waals surface area contributed by atoms with Crippen LogP contribution in [-0.4, -0.2) is 86.6 Å². The Hall–Kier alpha value is -4.28. The largest absolute Gasteiger partial charge is 0.477 e. The number of carbonyl (C=O) groups excluding carboxylic acids is 4. The summed E-state index contributed by atoms with van der Waals surface area (Å²) >= 11 is 0.992. The number of nitrogens with one attached hydrogen (secondary N) is 1. The molecule has 4 N–H and O–H groups in total. The Kier molecular flexibility index (Phi) is 7.45. The number of anilines is 1. The number of fused-ring (bicyclic) bond motifs is 1. The minimum atomic E-state index is -4.58. The smallest absolute Gasteiger partial charge is 0.406 e. The van der Waals surface area contributed by atoms with Crippen molar-refractivity contribution in [3.63, 3.8) is 0 Å². The molecule has 1 aromatic heterocycles. The second-order valence-corrected chi connectivity index (χ2v) is 9.69. The number of amides is 3. The number of carboxylic acid groups (broad SMARTS) is 1. The van der Waals surface area contributed by atoms with Crippen LogP contribution in [0.15, 0.2) is 33.5 Å². The van der Waals surface area contributed by atoms with Crippen LogP contribution in [0.25, 0.3) is 0 Å². The van der Waals surface area contributed by atoms with Gasteiger partial charge in [-0.25, -0.2) is 14.6 Å². The number of rotatable bonds is 7. The first-order valence-electron chi connectivity index (χ1n) is 11.4. The summed E-state index contributed by atoms with van der Waals surface area (Å²) < 4.78 is 38.2. The molecule has 3 amide bonds. The summed E-state index contributed by atoms with van der Waals surface area (Å²) in [7, 11) is 0. The van der Waals surface area contributed by atoms with Crippen LogP contribution < -0.4 is 11.1 Å². The molecule has 3 aliphatic rings. The molecule has 0 aromatic carbocycles. The molecule has 208 valence electrons. The monoisotopic (exact) mass is 570 g/mol. The molecule has 0 saturated carbocycles. The van der Waals surface area contributed by atoms with Crippen LogP contribution in [0.3, 0.4) is 0 Å². The quantitative estimate of drug-likeness (QED) is 0.138. The van der Waals surface area contributed by atoms with Crippen molar-refractivity contribution in [1.82, 2.24) is 20.1 Å². The lowest BCUT2D eigenvalue weighted by molar-refractivity contribution is -0.156. The van der Waals surface area contributed by atoms with Crippen LogP contribution in [-0.2, 0) is 28.8 Å². The van der Waals surface area contributed by atoms with E-state index < -0.39 is 65.9 Å². The lowest BCUT2D eigenvalue weighted by atomic mass is 9.82. The zero-order chi connectivity index (χ0) is 28.6. The van der Waals surface area contributed by atoms with Gasteiger partial charge in [-0.05, 0) is 30.9 Å². The van der Waals surface area contributed by atoms with Crippen molar-refractivity contribution in [2.75, 3.05) is 18.8 Å². The van der Waals surface area contributed by atoms with Crippen LogP contribution in [0.5, 0.6) is 0 Å². The molecule has 0 unspecified atom stereocenters.